The van der Waals surface area contributed by atoms with Crippen molar-refractivity contribution in [3.8, 4) is 0 Å². The Kier molecular flexibility index (Phi) is 6.46. The van der Waals surface area contributed by atoms with Gasteiger partial charge < -0.3 is 9.84 Å². The number of alkyl halides is 4. The van der Waals surface area contributed by atoms with Gasteiger partial charge in [-0.15, -0.1) is 0 Å². The molecule has 0 saturated carbocycles. The lowest BCUT2D eigenvalue weighted by Crippen LogP contribution is -2.25. The van der Waals surface area contributed by atoms with Gasteiger partial charge in [0.2, 0.25) is 0 Å². The first-order valence-corrected chi connectivity index (χ1v) is 3.49. The molecule has 0 aromatic rings. The molecule has 0 bridgehead atoms. The number of carbonyl (C=O) groups is 1. The number of rotatable bonds is 2. The number of methoxy groups -OCH3 is 1. The smallest absolute Gasteiger partial charge is 0.376 e. The zero-order chi connectivity index (χ0) is 12.0. The quantitative estimate of drug-likeness (QED) is 0.566. The third-order valence-corrected chi connectivity index (χ3v) is 0.821. The van der Waals surface area contributed by atoms with Gasteiger partial charge in [0.15, 0.2) is 0 Å². The standard InChI is InChI=1S/C4H6F2O2.C3H6F2O/c1-4(5,6)3(7)8-2;1-3(4,5)2-6/h1-2H3;6H,2H2,1H3. The van der Waals surface area contributed by atoms with E-state index in [1.54, 1.807) is 0 Å². The fraction of sp³-hybridized carbons (Fsp3) is 0.857. The molecule has 1 N–H and O–H groups in total. The summed E-state index contributed by atoms with van der Waals surface area (Å²) in [6.45, 7) is 0.0822. The second-order valence-corrected chi connectivity index (χ2v) is 2.61. The zero-order valence-electron chi connectivity index (χ0n) is 7.98. The van der Waals surface area contributed by atoms with Gasteiger partial charge in [-0.2, -0.15) is 8.78 Å². The van der Waals surface area contributed by atoms with E-state index in [0.717, 1.165) is 7.11 Å². The SMILES string of the molecule is CC(F)(F)CO.COC(=O)C(C)(F)F. The fourth-order valence-corrected chi connectivity index (χ4v) is 0.179. The average molecular weight is 220 g/mol. The molecule has 0 rings (SSSR count). The topological polar surface area (TPSA) is 46.5 Å². The summed E-state index contributed by atoms with van der Waals surface area (Å²) in [6, 6.07) is 0. The first-order valence-electron chi connectivity index (χ1n) is 3.49. The van der Waals surface area contributed by atoms with E-state index >= 15 is 0 Å². The van der Waals surface area contributed by atoms with Crippen molar-refractivity contribution >= 4 is 5.97 Å². The second-order valence-electron chi connectivity index (χ2n) is 2.61. The summed E-state index contributed by atoms with van der Waals surface area (Å²) in [6.07, 6.45) is 0. The van der Waals surface area contributed by atoms with E-state index in [9.17, 15) is 22.4 Å². The van der Waals surface area contributed by atoms with Crippen molar-refractivity contribution in [1.29, 1.82) is 0 Å². The Hall–Kier alpha value is -0.850. The van der Waals surface area contributed by atoms with Crippen molar-refractivity contribution in [2.45, 2.75) is 25.7 Å². The molecule has 0 unspecified atom stereocenters. The minimum atomic E-state index is -3.35. The van der Waals surface area contributed by atoms with E-state index in [4.69, 9.17) is 5.11 Å². The van der Waals surface area contributed by atoms with E-state index in [1.807, 2.05) is 0 Å². The van der Waals surface area contributed by atoms with Crippen LogP contribution >= 0.6 is 0 Å². The van der Waals surface area contributed by atoms with Crippen molar-refractivity contribution in [2.75, 3.05) is 13.7 Å². The number of aliphatic hydroxyl groups excluding tert-OH is 1. The zero-order valence-corrected chi connectivity index (χ0v) is 7.98. The highest BCUT2D eigenvalue weighted by Gasteiger charge is 2.33. The Morgan fingerprint density at radius 1 is 1.29 bits per heavy atom. The largest absolute Gasteiger partial charge is 0.465 e. The lowest BCUT2D eigenvalue weighted by molar-refractivity contribution is -0.165. The summed E-state index contributed by atoms with van der Waals surface area (Å²) >= 11 is 0. The molecule has 0 fully saturated rings. The molecular formula is C7H12F4O3. The molecular weight excluding hydrogens is 208 g/mol. The highest BCUT2D eigenvalue weighted by atomic mass is 19.3. The molecule has 0 saturated heterocycles. The second kappa shape index (κ2) is 5.79. The van der Waals surface area contributed by atoms with Crippen LogP contribution in [0.25, 0.3) is 0 Å². The molecule has 0 aliphatic carbocycles. The van der Waals surface area contributed by atoms with Crippen LogP contribution in [0, 0.1) is 0 Å². The number of aliphatic hydroxyl groups is 1. The van der Waals surface area contributed by atoms with Crippen LogP contribution in [-0.2, 0) is 9.53 Å². The molecule has 0 amide bonds. The Morgan fingerprint density at radius 2 is 1.57 bits per heavy atom. The molecule has 0 aromatic heterocycles. The van der Waals surface area contributed by atoms with Gasteiger partial charge in [-0.1, -0.05) is 0 Å². The van der Waals surface area contributed by atoms with E-state index < -0.39 is 24.4 Å². The molecule has 86 valence electrons. The maximum Gasteiger partial charge on any atom is 0.376 e. The summed E-state index contributed by atoms with van der Waals surface area (Å²) in [5.74, 6) is -7.76. The number of halogens is 4. The molecule has 0 aliphatic heterocycles. The van der Waals surface area contributed by atoms with Crippen molar-refractivity contribution in [3.63, 3.8) is 0 Å². The number of ether oxygens (including phenoxy) is 1. The predicted octanol–water partition coefficient (Wildman–Crippen LogP) is 1.45. The molecule has 7 heteroatoms. The molecule has 0 atom stereocenters. The molecule has 0 heterocycles. The van der Waals surface area contributed by atoms with Crippen molar-refractivity contribution in [2.24, 2.45) is 0 Å². The molecule has 0 aromatic carbocycles. The number of hydrogen-bond acceptors (Lipinski definition) is 3. The fourth-order valence-electron chi connectivity index (χ4n) is 0.179. The van der Waals surface area contributed by atoms with E-state index in [2.05, 4.69) is 4.74 Å². The van der Waals surface area contributed by atoms with E-state index in [-0.39, 0.29) is 0 Å². The lowest BCUT2D eigenvalue weighted by atomic mass is 10.4. The number of hydrogen-bond donors (Lipinski definition) is 1. The van der Waals surface area contributed by atoms with Crippen molar-refractivity contribution in [1.82, 2.24) is 0 Å². The Balaban J connectivity index is 0. The third kappa shape index (κ3) is 11.2. The minimum Gasteiger partial charge on any atom is -0.465 e. The molecule has 0 aliphatic rings. The summed E-state index contributed by atoms with van der Waals surface area (Å²) in [7, 11) is 0.916. The maximum absolute atomic E-state index is 11.6. The van der Waals surface area contributed by atoms with Gasteiger partial charge >= 0.3 is 11.9 Å². The third-order valence-electron chi connectivity index (χ3n) is 0.821. The minimum absolute atomic E-state index is 0.485. The first-order chi connectivity index (χ1) is 6.04. The highest BCUT2D eigenvalue weighted by molar-refractivity contribution is 5.76. The summed E-state index contributed by atoms with van der Waals surface area (Å²) in [5, 5.41) is 7.65. The molecule has 14 heavy (non-hydrogen) atoms. The Morgan fingerprint density at radius 3 is 1.57 bits per heavy atom. The van der Waals surface area contributed by atoms with Crippen LogP contribution in [0.3, 0.4) is 0 Å². The maximum atomic E-state index is 11.6. The monoisotopic (exact) mass is 220 g/mol. The van der Waals surface area contributed by atoms with Crippen LogP contribution in [0.4, 0.5) is 17.6 Å². The van der Waals surface area contributed by atoms with Crippen molar-refractivity contribution < 1.29 is 32.2 Å². The first kappa shape index (κ1) is 15.6. The van der Waals surface area contributed by atoms with Gasteiger partial charge in [0, 0.05) is 13.8 Å². The van der Waals surface area contributed by atoms with Crippen LogP contribution in [0.1, 0.15) is 13.8 Å². The predicted molar refractivity (Wildman–Crippen MR) is 40.3 cm³/mol. The van der Waals surface area contributed by atoms with Crippen LogP contribution in [0.2, 0.25) is 0 Å². The Labute approximate surface area is 78.7 Å². The average Bonchev–Trinajstić information content (AvgIpc) is 2.01. The summed E-state index contributed by atoms with van der Waals surface area (Å²) in [4.78, 5) is 9.86. The summed E-state index contributed by atoms with van der Waals surface area (Å²) in [5.41, 5.74) is 0. The van der Waals surface area contributed by atoms with Crippen LogP contribution < -0.4 is 0 Å². The van der Waals surface area contributed by atoms with Gasteiger partial charge in [-0.25, -0.2) is 13.6 Å². The van der Waals surface area contributed by atoms with E-state index in [0.29, 0.717) is 13.8 Å². The molecule has 3 nitrogen and oxygen atoms in total. The van der Waals surface area contributed by atoms with Gasteiger partial charge in [-0.05, 0) is 0 Å². The normalized spacial score (nSPS) is 11.4. The summed E-state index contributed by atoms with van der Waals surface area (Å²) < 4.78 is 49.4. The van der Waals surface area contributed by atoms with Crippen molar-refractivity contribution in [3.05, 3.63) is 0 Å². The van der Waals surface area contributed by atoms with Crippen LogP contribution in [0.15, 0.2) is 0 Å². The Bertz CT molecular complexity index is 171. The number of carbonyl (C=O) groups excluding carboxylic acids is 1. The van der Waals surface area contributed by atoms with Gasteiger partial charge in [-0.3, -0.25) is 0 Å². The van der Waals surface area contributed by atoms with Gasteiger partial charge in [0.25, 0.3) is 5.92 Å². The van der Waals surface area contributed by atoms with Gasteiger partial charge in [0.1, 0.15) is 6.61 Å². The molecule has 0 spiro atoms. The molecule has 0 radical (unpaired) electrons. The lowest BCUT2D eigenvalue weighted by Gasteiger charge is -2.04. The van der Waals surface area contributed by atoms with Gasteiger partial charge in [0.05, 0.1) is 7.11 Å². The van der Waals surface area contributed by atoms with E-state index in [1.165, 1.54) is 0 Å². The van der Waals surface area contributed by atoms with Crippen LogP contribution in [0.5, 0.6) is 0 Å². The highest BCUT2D eigenvalue weighted by Crippen LogP contribution is 2.12. The van der Waals surface area contributed by atoms with Crippen LogP contribution in [-0.4, -0.2) is 36.6 Å². The number of esters is 1.